The lowest BCUT2D eigenvalue weighted by atomic mass is 10.2. The van der Waals surface area contributed by atoms with Crippen molar-refractivity contribution in [3.63, 3.8) is 0 Å². The Balaban J connectivity index is 2.22. The predicted octanol–water partition coefficient (Wildman–Crippen LogP) is 4.27. The lowest BCUT2D eigenvalue weighted by molar-refractivity contribution is 0.474. The fourth-order valence-corrected chi connectivity index (χ4v) is 2.19. The Bertz CT molecular complexity index is 734. The molecule has 3 nitrogen and oxygen atoms in total. The van der Waals surface area contributed by atoms with Gasteiger partial charge < -0.3 is 9.52 Å². The second-order valence-electron chi connectivity index (χ2n) is 4.15. The Hall–Kier alpha value is -1.81. The Morgan fingerprint density at radius 3 is 2.83 bits per heavy atom. The summed E-state index contributed by atoms with van der Waals surface area (Å²) in [6, 6.07) is 11.0. The summed E-state index contributed by atoms with van der Waals surface area (Å²) in [7, 11) is 0. The van der Waals surface area contributed by atoms with E-state index < -0.39 is 0 Å². The number of aromatic nitrogens is 1. The van der Waals surface area contributed by atoms with Gasteiger partial charge in [-0.05, 0) is 42.8 Å². The normalized spacial score (nSPS) is 11.0. The summed E-state index contributed by atoms with van der Waals surface area (Å²) < 4.78 is 6.52. The number of oxazole rings is 1. The molecule has 0 saturated heterocycles. The van der Waals surface area contributed by atoms with E-state index in [-0.39, 0.29) is 5.75 Å². The van der Waals surface area contributed by atoms with Crippen molar-refractivity contribution in [2.24, 2.45) is 0 Å². The van der Waals surface area contributed by atoms with Gasteiger partial charge in [-0.15, -0.1) is 0 Å². The largest absolute Gasteiger partial charge is 0.507 e. The van der Waals surface area contributed by atoms with Gasteiger partial charge >= 0.3 is 0 Å². The fourth-order valence-electron chi connectivity index (χ4n) is 1.83. The van der Waals surface area contributed by atoms with Crippen LogP contribution in [-0.4, -0.2) is 10.1 Å². The third kappa shape index (κ3) is 1.88. The number of nitrogens with zero attached hydrogens (tertiary/aromatic N) is 1. The number of hydrogen-bond acceptors (Lipinski definition) is 3. The fraction of sp³-hybridized carbons (Fsp3) is 0.0714. The Labute approximate surface area is 112 Å². The molecule has 0 spiro atoms. The molecule has 3 rings (SSSR count). The van der Waals surface area contributed by atoms with Gasteiger partial charge in [-0.1, -0.05) is 22.0 Å². The summed E-state index contributed by atoms with van der Waals surface area (Å²) in [6.45, 7) is 2.00. The monoisotopic (exact) mass is 303 g/mol. The molecule has 2 aromatic carbocycles. The standard InChI is InChI=1S/C14H10BrNO2/c1-8-2-5-13-11(6-8)16-14(18-13)10-7-9(15)3-4-12(10)17/h2-7,17H,1H3. The van der Waals surface area contributed by atoms with Crippen molar-refractivity contribution in [3.05, 3.63) is 46.4 Å². The van der Waals surface area contributed by atoms with E-state index in [0.717, 1.165) is 21.1 Å². The molecular formula is C14H10BrNO2. The van der Waals surface area contributed by atoms with Gasteiger partial charge in [-0.2, -0.15) is 0 Å². The molecule has 0 atom stereocenters. The van der Waals surface area contributed by atoms with Crippen LogP contribution in [0, 0.1) is 6.92 Å². The van der Waals surface area contributed by atoms with E-state index in [2.05, 4.69) is 20.9 Å². The lowest BCUT2D eigenvalue weighted by Crippen LogP contribution is -1.79. The minimum atomic E-state index is 0.154. The molecule has 3 aromatic rings. The zero-order chi connectivity index (χ0) is 12.7. The topological polar surface area (TPSA) is 46.3 Å². The van der Waals surface area contributed by atoms with Crippen LogP contribution in [0.5, 0.6) is 5.75 Å². The zero-order valence-corrected chi connectivity index (χ0v) is 11.2. The van der Waals surface area contributed by atoms with Crippen LogP contribution in [0.3, 0.4) is 0 Å². The molecule has 0 amide bonds. The first-order valence-electron chi connectivity index (χ1n) is 5.49. The average molecular weight is 304 g/mol. The van der Waals surface area contributed by atoms with E-state index in [1.165, 1.54) is 0 Å². The lowest BCUT2D eigenvalue weighted by Gasteiger charge is -1.99. The summed E-state index contributed by atoms with van der Waals surface area (Å²) in [5.41, 5.74) is 3.22. The number of halogens is 1. The highest BCUT2D eigenvalue weighted by molar-refractivity contribution is 9.10. The predicted molar refractivity (Wildman–Crippen MR) is 73.5 cm³/mol. The Kier molecular flexibility index (Phi) is 2.59. The van der Waals surface area contributed by atoms with Gasteiger partial charge in [0.25, 0.3) is 0 Å². The highest BCUT2D eigenvalue weighted by Gasteiger charge is 2.12. The molecule has 0 aliphatic carbocycles. The maximum absolute atomic E-state index is 9.85. The molecule has 0 aliphatic heterocycles. The van der Waals surface area contributed by atoms with Gasteiger partial charge in [0.05, 0.1) is 5.56 Å². The molecule has 0 radical (unpaired) electrons. The van der Waals surface area contributed by atoms with E-state index in [9.17, 15) is 5.11 Å². The second-order valence-corrected chi connectivity index (χ2v) is 5.07. The number of phenolic OH excluding ortho intramolecular Hbond substituents is 1. The van der Waals surface area contributed by atoms with Crippen LogP contribution < -0.4 is 0 Å². The molecule has 1 heterocycles. The first-order valence-corrected chi connectivity index (χ1v) is 6.29. The quantitative estimate of drug-likeness (QED) is 0.730. The van der Waals surface area contributed by atoms with Gasteiger partial charge in [0.2, 0.25) is 5.89 Å². The molecular weight excluding hydrogens is 294 g/mol. The van der Waals surface area contributed by atoms with Crippen LogP contribution in [0.4, 0.5) is 0 Å². The molecule has 1 N–H and O–H groups in total. The SMILES string of the molecule is Cc1ccc2oc(-c3cc(Br)ccc3O)nc2c1. The number of aromatic hydroxyl groups is 1. The summed E-state index contributed by atoms with van der Waals surface area (Å²) in [5.74, 6) is 0.580. The van der Waals surface area contributed by atoms with Crippen LogP contribution in [0.15, 0.2) is 45.3 Å². The first kappa shape index (κ1) is 11.3. The first-order chi connectivity index (χ1) is 8.63. The minimum Gasteiger partial charge on any atom is -0.507 e. The molecule has 18 heavy (non-hydrogen) atoms. The second kappa shape index (κ2) is 4.14. The molecule has 4 heteroatoms. The van der Waals surface area contributed by atoms with E-state index >= 15 is 0 Å². The molecule has 0 bridgehead atoms. The summed E-state index contributed by atoms with van der Waals surface area (Å²) in [4.78, 5) is 4.40. The third-order valence-corrected chi connectivity index (χ3v) is 3.23. The van der Waals surface area contributed by atoms with Crippen molar-refractivity contribution in [1.29, 1.82) is 0 Å². The molecule has 90 valence electrons. The molecule has 0 fully saturated rings. The van der Waals surface area contributed by atoms with Crippen molar-refractivity contribution >= 4 is 27.0 Å². The van der Waals surface area contributed by atoms with E-state index in [4.69, 9.17) is 4.42 Å². The van der Waals surface area contributed by atoms with E-state index in [1.54, 1.807) is 18.2 Å². The molecule has 0 aliphatic rings. The van der Waals surface area contributed by atoms with Crippen molar-refractivity contribution in [2.45, 2.75) is 6.92 Å². The number of benzene rings is 2. The molecule has 1 aromatic heterocycles. The molecule has 0 unspecified atom stereocenters. The van der Waals surface area contributed by atoms with Crippen molar-refractivity contribution < 1.29 is 9.52 Å². The zero-order valence-electron chi connectivity index (χ0n) is 9.64. The van der Waals surface area contributed by atoms with E-state index in [1.807, 2.05) is 25.1 Å². The number of rotatable bonds is 1. The van der Waals surface area contributed by atoms with Gasteiger partial charge in [0.1, 0.15) is 11.3 Å². The van der Waals surface area contributed by atoms with Crippen LogP contribution in [0.1, 0.15) is 5.56 Å². The highest BCUT2D eigenvalue weighted by atomic mass is 79.9. The number of aryl methyl sites for hydroxylation is 1. The van der Waals surface area contributed by atoms with Crippen LogP contribution >= 0.6 is 15.9 Å². The van der Waals surface area contributed by atoms with Crippen molar-refractivity contribution in [1.82, 2.24) is 4.98 Å². The van der Waals surface area contributed by atoms with Gasteiger partial charge in [-0.25, -0.2) is 4.98 Å². The maximum atomic E-state index is 9.85. The average Bonchev–Trinajstić information content (AvgIpc) is 2.74. The van der Waals surface area contributed by atoms with Crippen LogP contribution in [-0.2, 0) is 0 Å². The number of hydrogen-bond donors (Lipinski definition) is 1. The van der Waals surface area contributed by atoms with Crippen LogP contribution in [0.25, 0.3) is 22.6 Å². The summed E-state index contributed by atoms with van der Waals surface area (Å²) >= 11 is 3.37. The van der Waals surface area contributed by atoms with Gasteiger partial charge in [-0.3, -0.25) is 0 Å². The smallest absolute Gasteiger partial charge is 0.231 e. The van der Waals surface area contributed by atoms with Gasteiger partial charge in [0, 0.05) is 4.47 Å². The minimum absolute atomic E-state index is 0.154. The number of fused-ring (bicyclic) bond motifs is 1. The molecule has 0 saturated carbocycles. The Morgan fingerprint density at radius 2 is 2.00 bits per heavy atom. The highest BCUT2D eigenvalue weighted by Crippen LogP contribution is 2.33. The maximum Gasteiger partial charge on any atom is 0.231 e. The van der Waals surface area contributed by atoms with Crippen molar-refractivity contribution in [2.75, 3.05) is 0 Å². The third-order valence-electron chi connectivity index (χ3n) is 2.73. The summed E-state index contributed by atoms with van der Waals surface area (Å²) in [5, 5.41) is 9.85. The van der Waals surface area contributed by atoms with E-state index in [0.29, 0.717) is 11.5 Å². The Morgan fingerprint density at radius 1 is 1.17 bits per heavy atom. The number of phenols is 1. The summed E-state index contributed by atoms with van der Waals surface area (Å²) in [6.07, 6.45) is 0. The van der Waals surface area contributed by atoms with Crippen molar-refractivity contribution in [3.8, 4) is 17.2 Å². The van der Waals surface area contributed by atoms with Gasteiger partial charge in [0.15, 0.2) is 5.58 Å². The van der Waals surface area contributed by atoms with Crippen LogP contribution in [0.2, 0.25) is 0 Å².